The summed E-state index contributed by atoms with van der Waals surface area (Å²) in [6.07, 6.45) is 5.57. The number of furan rings is 1. The zero-order valence-corrected chi connectivity index (χ0v) is 14.3. The van der Waals surface area contributed by atoms with E-state index >= 15 is 0 Å². The monoisotopic (exact) mass is 334 g/mol. The largest absolute Gasteiger partial charge is 0.462 e. The molecule has 24 heavy (non-hydrogen) atoms. The van der Waals surface area contributed by atoms with E-state index in [0.717, 1.165) is 6.42 Å². The molecule has 8 nitrogen and oxygen atoms in total. The van der Waals surface area contributed by atoms with E-state index in [-0.39, 0.29) is 11.3 Å². The van der Waals surface area contributed by atoms with Crippen LogP contribution in [0.25, 0.3) is 0 Å². The molecule has 2 aromatic rings. The zero-order chi connectivity index (χ0) is 17.6. The van der Waals surface area contributed by atoms with Crippen LogP contribution in [-0.2, 0) is 20.9 Å². The minimum atomic E-state index is -0.441. The number of aryl methyl sites for hydroxylation is 1. The van der Waals surface area contributed by atoms with Gasteiger partial charge in [-0.2, -0.15) is 5.10 Å². The number of rotatable bonds is 8. The first-order valence-electron chi connectivity index (χ1n) is 7.49. The third-order valence-electron chi connectivity index (χ3n) is 3.54. The van der Waals surface area contributed by atoms with Crippen molar-refractivity contribution in [1.29, 1.82) is 0 Å². The van der Waals surface area contributed by atoms with Crippen molar-refractivity contribution >= 4 is 17.3 Å². The summed E-state index contributed by atoms with van der Waals surface area (Å²) < 4.78 is 12.3. The molecule has 2 rings (SSSR count). The summed E-state index contributed by atoms with van der Waals surface area (Å²) in [6.45, 7) is 4.69. The number of hydrogen-bond donors (Lipinski definition) is 1. The highest BCUT2D eigenvalue weighted by atomic mass is 16.6. The van der Waals surface area contributed by atoms with Gasteiger partial charge < -0.3 is 19.3 Å². The number of amides is 1. The molecule has 0 saturated heterocycles. The first-order valence-corrected chi connectivity index (χ1v) is 7.49. The molecule has 2 heterocycles. The van der Waals surface area contributed by atoms with Crippen molar-refractivity contribution in [2.24, 2.45) is 5.16 Å². The summed E-state index contributed by atoms with van der Waals surface area (Å²) in [5.41, 5.74) is 0.383. The van der Waals surface area contributed by atoms with Gasteiger partial charge in [0.25, 0.3) is 5.91 Å². The highest BCUT2D eigenvalue weighted by Crippen LogP contribution is 2.15. The normalized spacial score (nSPS) is 12.2. The summed E-state index contributed by atoms with van der Waals surface area (Å²) >= 11 is 0. The van der Waals surface area contributed by atoms with Crippen LogP contribution < -0.4 is 5.32 Å². The van der Waals surface area contributed by atoms with Crippen molar-refractivity contribution in [3.05, 3.63) is 36.5 Å². The molecule has 2 aromatic heterocycles. The van der Waals surface area contributed by atoms with Gasteiger partial charge in [0.15, 0.2) is 5.76 Å². The summed E-state index contributed by atoms with van der Waals surface area (Å²) in [4.78, 5) is 17.0. The molecular formula is C16H22N4O4. The van der Waals surface area contributed by atoms with Crippen LogP contribution in [0.4, 0.5) is 5.69 Å². The van der Waals surface area contributed by atoms with Gasteiger partial charge in [0.05, 0.1) is 23.7 Å². The van der Waals surface area contributed by atoms with Crippen LogP contribution in [0, 0.1) is 0 Å². The number of nitrogens with zero attached hydrogens (tertiary/aromatic N) is 3. The van der Waals surface area contributed by atoms with Gasteiger partial charge in [-0.3, -0.25) is 9.48 Å². The molecule has 0 unspecified atom stereocenters. The van der Waals surface area contributed by atoms with Gasteiger partial charge in [0.1, 0.15) is 7.11 Å². The minimum absolute atomic E-state index is 0.0516. The van der Waals surface area contributed by atoms with Gasteiger partial charge in [0.2, 0.25) is 5.71 Å². The number of anilines is 1. The summed E-state index contributed by atoms with van der Waals surface area (Å²) in [5, 5.41) is 10.7. The lowest BCUT2D eigenvalue weighted by molar-refractivity contribution is -0.110. The fraction of sp³-hybridized carbons (Fsp3) is 0.438. The number of aromatic nitrogens is 2. The quantitative estimate of drug-likeness (QED) is 0.591. The van der Waals surface area contributed by atoms with E-state index in [1.807, 2.05) is 13.8 Å². The number of carbonyl (C=O) groups excluding carboxylic acids is 1. The standard InChI is InChI=1S/C16H22N4O4/c1-16(2,22-3)7-8-20-11-12(10-17-20)18-15(21)14(19-23-4)13-6-5-9-24-13/h5-6,9-11H,7-8H2,1-4H3,(H,18,21)/b19-14+. The summed E-state index contributed by atoms with van der Waals surface area (Å²) in [7, 11) is 3.05. The third-order valence-corrected chi connectivity index (χ3v) is 3.54. The topological polar surface area (TPSA) is 90.9 Å². The second-order valence-electron chi connectivity index (χ2n) is 5.76. The maximum atomic E-state index is 12.3. The molecule has 0 aliphatic heterocycles. The number of carbonyl (C=O) groups is 1. The van der Waals surface area contributed by atoms with Gasteiger partial charge in [0, 0.05) is 19.9 Å². The second kappa shape index (κ2) is 7.78. The third kappa shape index (κ3) is 4.69. The van der Waals surface area contributed by atoms with Crippen LogP contribution in [0.15, 0.2) is 40.4 Å². The molecule has 0 saturated carbocycles. The molecule has 0 aliphatic carbocycles. The summed E-state index contributed by atoms with van der Waals surface area (Å²) in [5.74, 6) is -0.118. The zero-order valence-electron chi connectivity index (χ0n) is 14.3. The van der Waals surface area contributed by atoms with Gasteiger partial charge in [-0.05, 0) is 32.4 Å². The molecule has 0 aliphatic rings. The maximum Gasteiger partial charge on any atom is 0.281 e. The lowest BCUT2D eigenvalue weighted by atomic mass is 10.1. The predicted molar refractivity (Wildman–Crippen MR) is 88.8 cm³/mol. The van der Waals surface area contributed by atoms with E-state index < -0.39 is 5.91 Å². The Kier molecular flexibility index (Phi) is 5.75. The Balaban J connectivity index is 2.01. The van der Waals surface area contributed by atoms with Crippen LogP contribution in [0.2, 0.25) is 0 Å². The molecule has 0 bridgehead atoms. The molecule has 0 atom stereocenters. The van der Waals surface area contributed by atoms with Crippen LogP contribution >= 0.6 is 0 Å². The molecule has 1 N–H and O–H groups in total. The van der Waals surface area contributed by atoms with Gasteiger partial charge in [-0.15, -0.1) is 0 Å². The lowest BCUT2D eigenvalue weighted by Crippen LogP contribution is -2.24. The number of oxime groups is 1. The average Bonchev–Trinajstić information content (AvgIpc) is 3.22. The van der Waals surface area contributed by atoms with E-state index in [1.54, 1.807) is 36.3 Å². The van der Waals surface area contributed by atoms with E-state index in [9.17, 15) is 4.79 Å². The van der Waals surface area contributed by atoms with Gasteiger partial charge >= 0.3 is 0 Å². The fourth-order valence-corrected chi connectivity index (χ4v) is 1.93. The molecule has 1 amide bonds. The number of ether oxygens (including phenoxy) is 1. The Morgan fingerprint density at radius 2 is 2.25 bits per heavy atom. The molecule has 0 spiro atoms. The van der Waals surface area contributed by atoms with Crippen LogP contribution in [-0.4, -0.2) is 41.2 Å². The van der Waals surface area contributed by atoms with E-state index in [2.05, 4.69) is 15.6 Å². The minimum Gasteiger partial charge on any atom is -0.462 e. The molecule has 0 fully saturated rings. The Bertz CT molecular complexity index is 689. The summed E-state index contributed by atoms with van der Waals surface area (Å²) in [6, 6.07) is 3.30. The molecule has 8 heteroatoms. The second-order valence-corrected chi connectivity index (χ2v) is 5.76. The molecule has 0 radical (unpaired) electrons. The van der Waals surface area contributed by atoms with Crippen molar-refractivity contribution in [2.75, 3.05) is 19.5 Å². The van der Waals surface area contributed by atoms with Crippen molar-refractivity contribution in [3.8, 4) is 0 Å². The Labute approximate surface area is 140 Å². The van der Waals surface area contributed by atoms with E-state index in [0.29, 0.717) is 18.0 Å². The number of hydrogen-bond acceptors (Lipinski definition) is 6. The van der Waals surface area contributed by atoms with Crippen molar-refractivity contribution < 1.29 is 18.8 Å². The van der Waals surface area contributed by atoms with Crippen LogP contribution in [0.1, 0.15) is 26.0 Å². The van der Waals surface area contributed by atoms with Crippen LogP contribution in [0.5, 0.6) is 0 Å². The SMILES string of the molecule is CO/N=C(/C(=O)Nc1cnn(CCC(C)(C)OC)c1)c1ccco1. The van der Waals surface area contributed by atoms with Crippen molar-refractivity contribution in [2.45, 2.75) is 32.4 Å². The maximum absolute atomic E-state index is 12.3. The number of methoxy groups -OCH3 is 1. The Morgan fingerprint density at radius 1 is 1.46 bits per heavy atom. The Morgan fingerprint density at radius 3 is 2.88 bits per heavy atom. The first kappa shape index (κ1) is 17.7. The average molecular weight is 334 g/mol. The van der Waals surface area contributed by atoms with E-state index in [4.69, 9.17) is 14.0 Å². The predicted octanol–water partition coefficient (Wildman–Crippen LogP) is 2.28. The molecule has 130 valence electrons. The highest BCUT2D eigenvalue weighted by Gasteiger charge is 2.19. The van der Waals surface area contributed by atoms with Gasteiger partial charge in [-0.1, -0.05) is 5.16 Å². The smallest absolute Gasteiger partial charge is 0.281 e. The van der Waals surface area contributed by atoms with Crippen LogP contribution in [0.3, 0.4) is 0 Å². The van der Waals surface area contributed by atoms with Gasteiger partial charge in [-0.25, -0.2) is 0 Å². The van der Waals surface area contributed by atoms with Crippen molar-refractivity contribution in [1.82, 2.24) is 9.78 Å². The van der Waals surface area contributed by atoms with E-state index in [1.165, 1.54) is 13.4 Å². The lowest BCUT2D eigenvalue weighted by Gasteiger charge is -2.22. The number of nitrogens with one attached hydrogen (secondary N) is 1. The molecular weight excluding hydrogens is 312 g/mol. The Hall–Kier alpha value is -2.61. The highest BCUT2D eigenvalue weighted by molar-refractivity contribution is 6.48. The molecule has 0 aromatic carbocycles. The van der Waals surface area contributed by atoms with Crippen molar-refractivity contribution in [3.63, 3.8) is 0 Å². The fourth-order valence-electron chi connectivity index (χ4n) is 1.93. The first-order chi connectivity index (χ1) is 11.4.